The Kier molecular flexibility index (Phi) is 3.07. The van der Waals surface area contributed by atoms with Crippen molar-refractivity contribution in [1.29, 1.82) is 0 Å². The van der Waals surface area contributed by atoms with Crippen LogP contribution in [0.2, 0.25) is 0 Å². The Balaban J connectivity index is 1.74. The monoisotopic (exact) mass is 233 g/mol. The fourth-order valence-corrected chi connectivity index (χ4v) is 2.85. The zero-order valence-electron chi connectivity index (χ0n) is 10.2. The van der Waals surface area contributed by atoms with Gasteiger partial charge in [0.1, 0.15) is 5.82 Å². The smallest absolute Gasteiger partial charge is 0.134 e. The first kappa shape index (κ1) is 11.1. The van der Waals surface area contributed by atoms with Crippen LogP contribution < -0.4 is 5.32 Å². The van der Waals surface area contributed by atoms with E-state index in [1.165, 1.54) is 12.8 Å². The fourth-order valence-electron chi connectivity index (χ4n) is 2.85. The first-order valence-corrected chi connectivity index (χ1v) is 6.55. The number of rotatable bonds is 4. The van der Waals surface area contributed by atoms with E-state index >= 15 is 0 Å². The average Bonchev–Trinajstić information content (AvgIpc) is 2.99. The van der Waals surface area contributed by atoms with Crippen molar-refractivity contribution in [2.75, 3.05) is 6.54 Å². The molecule has 0 spiro atoms. The molecule has 0 amide bonds. The first-order chi connectivity index (χ1) is 8.36. The fraction of sp³-hybridized carbons (Fsp3) is 0.692. The maximum Gasteiger partial charge on any atom is 0.134 e. The molecule has 1 N–H and O–H groups in total. The molecule has 92 valence electrons. The van der Waals surface area contributed by atoms with Gasteiger partial charge in [0.2, 0.25) is 0 Å². The summed E-state index contributed by atoms with van der Waals surface area (Å²) >= 11 is 0. The van der Waals surface area contributed by atoms with Crippen LogP contribution in [-0.2, 0) is 11.3 Å². The minimum Gasteiger partial charge on any atom is -0.374 e. The van der Waals surface area contributed by atoms with Gasteiger partial charge in [0.05, 0.1) is 17.9 Å². The molecule has 3 unspecified atom stereocenters. The topological polar surface area (TPSA) is 47.0 Å². The molecule has 0 radical (unpaired) electrons. The predicted octanol–water partition coefficient (Wildman–Crippen LogP) is 1.62. The lowest BCUT2D eigenvalue weighted by Crippen LogP contribution is -2.19. The van der Waals surface area contributed by atoms with Gasteiger partial charge < -0.3 is 10.1 Å². The second-order valence-corrected chi connectivity index (χ2v) is 4.90. The Hall–Kier alpha value is -1.00. The molecule has 3 heterocycles. The van der Waals surface area contributed by atoms with Crippen molar-refractivity contribution in [3.05, 3.63) is 23.8 Å². The third-order valence-electron chi connectivity index (χ3n) is 3.73. The average molecular weight is 233 g/mol. The molecule has 1 aromatic rings. The summed E-state index contributed by atoms with van der Waals surface area (Å²) in [6.07, 6.45) is 6.21. The Morgan fingerprint density at radius 2 is 2.41 bits per heavy atom. The van der Waals surface area contributed by atoms with E-state index in [4.69, 9.17) is 4.74 Å². The number of fused-ring (bicyclic) bond motifs is 2. The predicted molar refractivity (Wildman–Crippen MR) is 64.7 cm³/mol. The number of nitrogens with one attached hydrogen (secondary N) is 1. The molecule has 2 aliphatic heterocycles. The molecule has 4 heteroatoms. The van der Waals surface area contributed by atoms with Crippen LogP contribution in [0.15, 0.2) is 12.3 Å². The van der Waals surface area contributed by atoms with Gasteiger partial charge in [-0.15, -0.1) is 0 Å². The number of aromatic nitrogens is 2. The largest absolute Gasteiger partial charge is 0.374 e. The molecule has 3 rings (SSSR count). The number of hydrogen-bond acceptors (Lipinski definition) is 4. The van der Waals surface area contributed by atoms with Crippen LogP contribution in [0, 0.1) is 0 Å². The Labute approximate surface area is 102 Å². The van der Waals surface area contributed by atoms with Gasteiger partial charge in [-0.25, -0.2) is 9.97 Å². The highest BCUT2D eigenvalue weighted by Gasteiger charge is 2.42. The zero-order valence-corrected chi connectivity index (χ0v) is 10.2. The highest BCUT2D eigenvalue weighted by atomic mass is 16.5. The summed E-state index contributed by atoms with van der Waals surface area (Å²) in [7, 11) is 0. The minimum atomic E-state index is 0.370. The molecule has 0 aromatic carbocycles. The van der Waals surface area contributed by atoms with Gasteiger partial charge >= 0.3 is 0 Å². The third-order valence-corrected chi connectivity index (χ3v) is 3.73. The molecule has 4 nitrogen and oxygen atoms in total. The molecule has 17 heavy (non-hydrogen) atoms. The standard InChI is InChI=1S/C13H19N3O/c1-2-14-8-9-5-6-15-13(16-9)11-7-10-3-4-12(11)17-10/h5-6,10-12,14H,2-4,7-8H2,1H3. The molecule has 2 saturated heterocycles. The van der Waals surface area contributed by atoms with Crippen molar-refractivity contribution >= 4 is 0 Å². The van der Waals surface area contributed by atoms with Crippen molar-refractivity contribution < 1.29 is 4.74 Å². The van der Waals surface area contributed by atoms with Crippen molar-refractivity contribution in [3.8, 4) is 0 Å². The van der Waals surface area contributed by atoms with Crippen LogP contribution in [0.3, 0.4) is 0 Å². The van der Waals surface area contributed by atoms with E-state index in [2.05, 4.69) is 22.2 Å². The number of nitrogens with zero attached hydrogens (tertiary/aromatic N) is 2. The Bertz CT molecular complexity index is 396. The van der Waals surface area contributed by atoms with Crippen LogP contribution >= 0.6 is 0 Å². The Morgan fingerprint density at radius 1 is 1.47 bits per heavy atom. The lowest BCUT2D eigenvalue weighted by molar-refractivity contribution is 0.0998. The maximum atomic E-state index is 5.86. The van der Waals surface area contributed by atoms with E-state index < -0.39 is 0 Å². The summed E-state index contributed by atoms with van der Waals surface area (Å²) < 4.78 is 5.86. The van der Waals surface area contributed by atoms with Gasteiger partial charge in [0, 0.05) is 18.7 Å². The summed E-state index contributed by atoms with van der Waals surface area (Å²) in [4.78, 5) is 9.09. The van der Waals surface area contributed by atoms with Gasteiger partial charge in [-0.3, -0.25) is 0 Å². The van der Waals surface area contributed by atoms with Gasteiger partial charge in [0.25, 0.3) is 0 Å². The molecule has 2 bridgehead atoms. The van der Waals surface area contributed by atoms with E-state index in [1.807, 2.05) is 12.3 Å². The van der Waals surface area contributed by atoms with E-state index in [9.17, 15) is 0 Å². The second-order valence-electron chi connectivity index (χ2n) is 4.90. The van der Waals surface area contributed by atoms with Crippen LogP contribution in [0.25, 0.3) is 0 Å². The normalized spacial score (nSPS) is 31.0. The molecule has 0 aliphatic carbocycles. The first-order valence-electron chi connectivity index (χ1n) is 6.55. The lowest BCUT2D eigenvalue weighted by atomic mass is 9.88. The van der Waals surface area contributed by atoms with Crippen molar-refractivity contribution in [3.63, 3.8) is 0 Å². The lowest BCUT2D eigenvalue weighted by Gasteiger charge is -2.17. The summed E-state index contributed by atoms with van der Waals surface area (Å²) in [5, 5.41) is 3.29. The van der Waals surface area contributed by atoms with E-state index in [0.717, 1.165) is 31.0 Å². The van der Waals surface area contributed by atoms with Crippen molar-refractivity contribution in [2.45, 2.75) is 50.9 Å². The van der Waals surface area contributed by atoms with Crippen LogP contribution in [0.4, 0.5) is 0 Å². The third kappa shape index (κ3) is 2.19. The molecule has 0 saturated carbocycles. The Morgan fingerprint density at radius 3 is 3.12 bits per heavy atom. The SMILES string of the molecule is CCNCc1ccnc(C2CC3CCC2O3)n1. The van der Waals surface area contributed by atoms with E-state index in [0.29, 0.717) is 18.1 Å². The summed E-state index contributed by atoms with van der Waals surface area (Å²) in [5.41, 5.74) is 1.08. The number of hydrogen-bond donors (Lipinski definition) is 1. The minimum absolute atomic E-state index is 0.370. The van der Waals surface area contributed by atoms with Gasteiger partial charge in [-0.05, 0) is 31.9 Å². The second kappa shape index (κ2) is 4.70. The highest BCUT2D eigenvalue weighted by molar-refractivity contribution is 5.11. The van der Waals surface area contributed by atoms with Gasteiger partial charge in [-0.2, -0.15) is 0 Å². The van der Waals surface area contributed by atoms with Gasteiger partial charge in [-0.1, -0.05) is 6.92 Å². The van der Waals surface area contributed by atoms with Crippen molar-refractivity contribution in [2.24, 2.45) is 0 Å². The molecule has 2 aliphatic rings. The van der Waals surface area contributed by atoms with E-state index in [1.54, 1.807) is 0 Å². The summed E-state index contributed by atoms with van der Waals surface area (Å²) in [6.45, 7) is 3.90. The molecular formula is C13H19N3O. The quantitative estimate of drug-likeness (QED) is 0.858. The van der Waals surface area contributed by atoms with Gasteiger partial charge in [0.15, 0.2) is 0 Å². The maximum absolute atomic E-state index is 5.86. The zero-order chi connectivity index (χ0) is 11.7. The summed E-state index contributed by atoms with van der Waals surface area (Å²) in [6, 6.07) is 1.99. The molecule has 1 aromatic heterocycles. The van der Waals surface area contributed by atoms with Crippen LogP contribution in [-0.4, -0.2) is 28.7 Å². The highest BCUT2D eigenvalue weighted by Crippen LogP contribution is 2.43. The number of ether oxygens (including phenoxy) is 1. The van der Waals surface area contributed by atoms with E-state index in [-0.39, 0.29) is 0 Å². The van der Waals surface area contributed by atoms with Crippen LogP contribution in [0.5, 0.6) is 0 Å². The molecule has 3 atom stereocenters. The molecule has 2 fully saturated rings. The molecular weight excluding hydrogens is 214 g/mol. The summed E-state index contributed by atoms with van der Waals surface area (Å²) in [5.74, 6) is 1.41. The van der Waals surface area contributed by atoms with Crippen molar-refractivity contribution in [1.82, 2.24) is 15.3 Å². The van der Waals surface area contributed by atoms with Crippen LogP contribution in [0.1, 0.15) is 43.6 Å².